The first kappa shape index (κ1) is 17.0. The van der Waals surface area contributed by atoms with Crippen molar-refractivity contribution in [3.8, 4) is 11.1 Å². The largest absolute Gasteiger partial charge is 0.462 e. The van der Waals surface area contributed by atoms with Crippen LogP contribution in [0.4, 0.5) is 5.69 Å². The molecular weight excluding hydrogens is 316 g/mol. The third kappa shape index (κ3) is 3.87. The topological polar surface area (TPSA) is 68.3 Å². The molecule has 2 aromatic rings. The number of hydrogen-bond donors (Lipinski definition) is 1. The van der Waals surface area contributed by atoms with Gasteiger partial charge in [-0.3, -0.25) is 9.78 Å². The summed E-state index contributed by atoms with van der Waals surface area (Å²) < 4.78 is 4.99. The molecule has 0 saturated carbocycles. The number of halogens is 1. The second-order valence-corrected chi connectivity index (χ2v) is 5.30. The van der Waals surface area contributed by atoms with E-state index >= 15 is 0 Å². The van der Waals surface area contributed by atoms with Gasteiger partial charge >= 0.3 is 5.97 Å². The van der Waals surface area contributed by atoms with Gasteiger partial charge in [0, 0.05) is 30.1 Å². The average molecular weight is 333 g/mol. The Balaban J connectivity index is 2.44. The molecule has 0 unspecified atom stereocenters. The Hall–Kier alpha value is -2.40. The third-order valence-corrected chi connectivity index (χ3v) is 3.59. The van der Waals surface area contributed by atoms with Gasteiger partial charge in [-0.15, -0.1) is 0 Å². The van der Waals surface area contributed by atoms with E-state index in [-0.39, 0.29) is 18.1 Å². The van der Waals surface area contributed by atoms with Crippen molar-refractivity contribution in [1.82, 2.24) is 4.98 Å². The number of carbonyl (C=O) groups is 2. The maximum Gasteiger partial charge on any atom is 0.341 e. The van der Waals surface area contributed by atoms with Gasteiger partial charge in [0.1, 0.15) is 0 Å². The minimum Gasteiger partial charge on any atom is -0.462 e. The van der Waals surface area contributed by atoms with Crippen molar-refractivity contribution >= 4 is 29.2 Å². The van der Waals surface area contributed by atoms with E-state index in [0.717, 1.165) is 5.56 Å². The van der Waals surface area contributed by atoms with Crippen LogP contribution < -0.4 is 5.32 Å². The molecule has 1 aromatic carbocycles. The summed E-state index contributed by atoms with van der Waals surface area (Å²) in [5, 5.41) is 3.01. The lowest BCUT2D eigenvalue weighted by Gasteiger charge is -2.12. The van der Waals surface area contributed by atoms with Gasteiger partial charge in [0.05, 0.1) is 17.2 Å². The lowest BCUT2D eigenvalue weighted by Crippen LogP contribution is -2.08. The van der Waals surface area contributed by atoms with Gasteiger partial charge < -0.3 is 10.1 Å². The van der Waals surface area contributed by atoms with Crippen molar-refractivity contribution in [1.29, 1.82) is 0 Å². The zero-order valence-electron chi connectivity index (χ0n) is 13.1. The Kier molecular flexibility index (Phi) is 5.34. The van der Waals surface area contributed by atoms with Crippen LogP contribution in [-0.4, -0.2) is 23.5 Å². The number of esters is 1. The van der Waals surface area contributed by atoms with Gasteiger partial charge in [-0.05, 0) is 31.5 Å². The van der Waals surface area contributed by atoms with Crippen molar-refractivity contribution < 1.29 is 14.3 Å². The first-order valence-electron chi connectivity index (χ1n) is 7.14. The summed E-state index contributed by atoms with van der Waals surface area (Å²) in [6, 6.07) is 7.17. The average Bonchev–Trinajstić information content (AvgIpc) is 2.48. The van der Waals surface area contributed by atoms with E-state index in [2.05, 4.69) is 10.3 Å². The molecule has 0 aliphatic carbocycles. The van der Waals surface area contributed by atoms with Gasteiger partial charge in [-0.2, -0.15) is 0 Å². The van der Waals surface area contributed by atoms with Crippen LogP contribution in [0.2, 0.25) is 5.02 Å². The summed E-state index contributed by atoms with van der Waals surface area (Å²) in [5.41, 5.74) is 3.10. The molecule has 1 heterocycles. The second-order valence-electron chi connectivity index (χ2n) is 4.93. The number of pyridine rings is 1. The summed E-state index contributed by atoms with van der Waals surface area (Å²) in [5.74, 6) is -0.640. The van der Waals surface area contributed by atoms with E-state index in [1.165, 1.54) is 13.1 Å². The maximum atomic E-state index is 11.9. The summed E-state index contributed by atoms with van der Waals surface area (Å²) in [4.78, 5) is 27.2. The number of nitrogens with one attached hydrogen (secondary N) is 1. The number of ether oxygens (including phenoxy) is 1. The highest BCUT2D eigenvalue weighted by Crippen LogP contribution is 2.33. The van der Waals surface area contributed by atoms with Gasteiger partial charge in [-0.25, -0.2) is 4.79 Å². The third-order valence-electron chi connectivity index (χ3n) is 3.19. The van der Waals surface area contributed by atoms with Crippen molar-refractivity contribution in [2.24, 2.45) is 0 Å². The Morgan fingerprint density at radius 3 is 2.48 bits per heavy atom. The molecule has 23 heavy (non-hydrogen) atoms. The van der Waals surface area contributed by atoms with E-state index in [1.54, 1.807) is 19.1 Å². The van der Waals surface area contributed by atoms with Gasteiger partial charge in [0.15, 0.2) is 0 Å². The molecule has 0 aliphatic heterocycles. The van der Waals surface area contributed by atoms with E-state index in [1.807, 2.05) is 19.1 Å². The number of nitrogens with zero attached hydrogens (tertiary/aromatic N) is 1. The van der Waals surface area contributed by atoms with Crippen LogP contribution in [0.1, 0.15) is 29.9 Å². The smallest absolute Gasteiger partial charge is 0.341 e. The van der Waals surface area contributed by atoms with Crippen LogP contribution in [0.25, 0.3) is 11.1 Å². The summed E-state index contributed by atoms with van der Waals surface area (Å²) in [6.45, 7) is 5.26. The van der Waals surface area contributed by atoms with Crippen LogP contribution in [0.3, 0.4) is 0 Å². The van der Waals surface area contributed by atoms with Crippen LogP contribution in [0.5, 0.6) is 0 Å². The predicted octanol–water partition coefficient (Wildman–Crippen LogP) is 3.85. The molecule has 0 spiro atoms. The van der Waals surface area contributed by atoms with Crippen LogP contribution >= 0.6 is 11.6 Å². The van der Waals surface area contributed by atoms with E-state index in [4.69, 9.17) is 16.3 Å². The SMILES string of the molecule is CCOC(=O)c1cnc(C)c(-c2ccc(NC(C)=O)cc2)c1Cl. The van der Waals surface area contributed by atoms with Crippen LogP contribution in [-0.2, 0) is 9.53 Å². The summed E-state index contributed by atoms with van der Waals surface area (Å²) in [7, 11) is 0. The molecule has 0 radical (unpaired) electrons. The number of rotatable bonds is 4. The molecule has 0 fully saturated rings. The molecule has 1 N–H and O–H groups in total. The number of aromatic nitrogens is 1. The minimum absolute atomic E-state index is 0.141. The molecule has 120 valence electrons. The number of amides is 1. The Morgan fingerprint density at radius 2 is 1.91 bits per heavy atom. The number of aryl methyl sites for hydroxylation is 1. The molecule has 0 saturated heterocycles. The van der Waals surface area contributed by atoms with E-state index in [9.17, 15) is 9.59 Å². The normalized spacial score (nSPS) is 10.3. The lowest BCUT2D eigenvalue weighted by molar-refractivity contribution is -0.114. The second kappa shape index (κ2) is 7.24. The first-order chi connectivity index (χ1) is 10.9. The number of hydrogen-bond acceptors (Lipinski definition) is 4. The molecule has 0 aliphatic rings. The number of benzene rings is 1. The molecule has 1 aromatic heterocycles. The lowest BCUT2D eigenvalue weighted by atomic mass is 10.0. The fraction of sp³-hybridized carbons (Fsp3) is 0.235. The number of anilines is 1. The molecule has 2 rings (SSSR count). The Bertz CT molecular complexity index is 742. The highest BCUT2D eigenvalue weighted by molar-refractivity contribution is 6.36. The monoisotopic (exact) mass is 332 g/mol. The molecule has 5 nitrogen and oxygen atoms in total. The summed E-state index contributed by atoms with van der Waals surface area (Å²) >= 11 is 6.39. The fourth-order valence-corrected chi connectivity index (χ4v) is 2.56. The maximum absolute atomic E-state index is 11.9. The zero-order valence-corrected chi connectivity index (χ0v) is 13.9. The van der Waals surface area contributed by atoms with Crippen molar-refractivity contribution in [2.75, 3.05) is 11.9 Å². The van der Waals surface area contributed by atoms with Gasteiger partial charge in [0.2, 0.25) is 5.91 Å². The van der Waals surface area contributed by atoms with E-state index < -0.39 is 5.97 Å². The van der Waals surface area contributed by atoms with Gasteiger partial charge in [0.25, 0.3) is 0 Å². The molecule has 1 amide bonds. The fourth-order valence-electron chi connectivity index (χ4n) is 2.19. The van der Waals surface area contributed by atoms with Crippen LogP contribution in [0.15, 0.2) is 30.5 Å². The van der Waals surface area contributed by atoms with Crippen molar-refractivity contribution in [3.05, 3.63) is 46.7 Å². The highest BCUT2D eigenvalue weighted by Gasteiger charge is 2.18. The highest BCUT2D eigenvalue weighted by atomic mass is 35.5. The van der Waals surface area contributed by atoms with Gasteiger partial charge in [-0.1, -0.05) is 23.7 Å². The summed E-state index contributed by atoms with van der Waals surface area (Å²) in [6.07, 6.45) is 1.42. The van der Waals surface area contributed by atoms with Crippen LogP contribution in [0, 0.1) is 6.92 Å². The predicted molar refractivity (Wildman–Crippen MR) is 89.7 cm³/mol. The molecule has 0 bridgehead atoms. The minimum atomic E-state index is -0.499. The molecule has 6 heteroatoms. The molecule has 0 atom stereocenters. The van der Waals surface area contributed by atoms with E-state index in [0.29, 0.717) is 22.0 Å². The van der Waals surface area contributed by atoms with Crippen molar-refractivity contribution in [3.63, 3.8) is 0 Å². The Labute approximate surface area is 139 Å². The zero-order chi connectivity index (χ0) is 17.0. The number of carbonyl (C=O) groups excluding carboxylic acids is 2. The first-order valence-corrected chi connectivity index (χ1v) is 7.52. The molecular formula is C17H17ClN2O3. The Morgan fingerprint density at radius 1 is 1.26 bits per heavy atom. The standard InChI is InChI=1S/C17H17ClN2O3/c1-4-23-17(22)14-9-19-10(2)15(16(14)18)12-5-7-13(8-6-12)20-11(3)21/h5-9H,4H2,1-3H3,(H,20,21). The van der Waals surface area contributed by atoms with Crippen molar-refractivity contribution in [2.45, 2.75) is 20.8 Å². The quantitative estimate of drug-likeness (QED) is 0.863.